The van der Waals surface area contributed by atoms with E-state index in [-0.39, 0.29) is 29.9 Å². The first-order valence-electron chi connectivity index (χ1n) is 8.88. The molecule has 0 saturated heterocycles. The molecule has 0 aliphatic rings. The first-order chi connectivity index (χ1) is 12.8. The number of benzene rings is 1. The van der Waals surface area contributed by atoms with Gasteiger partial charge < -0.3 is 9.88 Å². The smallest absolute Gasteiger partial charge is 0.276 e. The van der Waals surface area contributed by atoms with Gasteiger partial charge in [-0.3, -0.25) is 9.59 Å². The Bertz CT molecular complexity index is 1070. The fourth-order valence-corrected chi connectivity index (χ4v) is 3.29. The number of amides is 1. The largest absolute Gasteiger partial charge is 0.352 e. The van der Waals surface area contributed by atoms with E-state index in [1.54, 1.807) is 24.4 Å². The molecule has 0 saturated carbocycles. The van der Waals surface area contributed by atoms with Crippen LogP contribution in [0.5, 0.6) is 0 Å². The summed E-state index contributed by atoms with van der Waals surface area (Å²) in [5.41, 5.74) is 1.80. The number of aromatic nitrogens is 3. The lowest BCUT2D eigenvalue weighted by molar-refractivity contribution is -0.122. The zero-order chi connectivity index (χ0) is 19.7. The van der Waals surface area contributed by atoms with Gasteiger partial charge in [0, 0.05) is 28.4 Å². The van der Waals surface area contributed by atoms with Gasteiger partial charge in [-0.2, -0.15) is 5.10 Å². The number of carbonyl (C=O) groups excluding carboxylic acids is 1. The number of aryl methyl sites for hydroxylation is 2. The maximum absolute atomic E-state index is 14.0. The normalized spacial score (nSPS) is 11.3. The van der Waals surface area contributed by atoms with Crippen LogP contribution in [0, 0.1) is 19.7 Å². The van der Waals surface area contributed by atoms with Crippen LogP contribution in [0.15, 0.2) is 35.3 Å². The van der Waals surface area contributed by atoms with Crippen molar-refractivity contribution >= 4 is 16.7 Å². The maximum atomic E-state index is 14.0. The van der Waals surface area contributed by atoms with Gasteiger partial charge in [0.25, 0.3) is 5.56 Å². The second-order valence-corrected chi connectivity index (χ2v) is 6.97. The molecule has 7 heteroatoms. The SMILES string of the molecule is Cc1c2cnn(CC(=O)NC(C)C)c(=O)c2c(C)n1Cc1ccccc1F. The van der Waals surface area contributed by atoms with Crippen molar-refractivity contribution in [3.63, 3.8) is 0 Å². The molecule has 0 radical (unpaired) electrons. The number of hydrogen-bond donors (Lipinski definition) is 1. The number of nitrogens with zero attached hydrogens (tertiary/aromatic N) is 3. The van der Waals surface area contributed by atoms with Crippen molar-refractivity contribution < 1.29 is 9.18 Å². The molecule has 6 nitrogen and oxygen atoms in total. The molecule has 0 fully saturated rings. The Kier molecular flexibility index (Phi) is 5.12. The molecule has 0 unspecified atom stereocenters. The molecule has 2 heterocycles. The Morgan fingerprint density at radius 2 is 1.93 bits per heavy atom. The van der Waals surface area contributed by atoms with Crippen molar-refractivity contribution in [1.29, 1.82) is 0 Å². The van der Waals surface area contributed by atoms with E-state index in [0.717, 1.165) is 11.4 Å². The molecule has 3 aromatic rings. The molecule has 142 valence electrons. The van der Waals surface area contributed by atoms with Gasteiger partial charge in [0.05, 0.1) is 18.1 Å². The number of hydrogen-bond acceptors (Lipinski definition) is 3. The number of nitrogens with one attached hydrogen (secondary N) is 1. The van der Waals surface area contributed by atoms with E-state index >= 15 is 0 Å². The number of carbonyl (C=O) groups is 1. The van der Waals surface area contributed by atoms with Gasteiger partial charge >= 0.3 is 0 Å². The minimum absolute atomic E-state index is 0.0113. The fourth-order valence-electron chi connectivity index (χ4n) is 3.29. The van der Waals surface area contributed by atoms with Gasteiger partial charge in [-0.15, -0.1) is 0 Å². The van der Waals surface area contributed by atoms with E-state index in [4.69, 9.17) is 0 Å². The second-order valence-electron chi connectivity index (χ2n) is 6.97. The molecule has 0 spiro atoms. The summed E-state index contributed by atoms with van der Waals surface area (Å²) in [6.07, 6.45) is 1.60. The van der Waals surface area contributed by atoms with Gasteiger partial charge in [-0.05, 0) is 33.8 Å². The number of halogens is 1. The molecule has 3 rings (SSSR count). The molecular weight excluding hydrogens is 347 g/mol. The lowest BCUT2D eigenvalue weighted by Crippen LogP contribution is -2.36. The lowest BCUT2D eigenvalue weighted by atomic mass is 10.2. The predicted octanol–water partition coefficient (Wildman–Crippen LogP) is 2.53. The van der Waals surface area contributed by atoms with Crippen LogP contribution >= 0.6 is 0 Å². The van der Waals surface area contributed by atoms with Crippen LogP contribution in [-0.4, -0.2) is 26.3 Å². The summed E-state index contributed by atoms with van der Waals surface area (Å²) in [6, 6.07) is 6.57. The maximum Gasteiger partial charge on any atom is 0.276 e. The Hall–Kier alpha value is -2.96. The van der Waals surface area contributed by atoms with Crippen molar-refractivity contribution in [3.8, 4) is 0 Å². The minimum atomic E-state index is -0.320. The van der Waals surface area contributed by atoms with Gasteiger partial charge in [-0.25, -0.2) is 9.07 Å². The first kappa shape index (κ1) is 18.8. The van der Waals surface area contributed by atoms with Crippen LogP contribution < -0.4 is 10.9 Å². The summed E-state index contributed by atoms with van der Waals surface area (Å²) >= 11 is 0. The average molecular weight is 370 g/mol. The Morgan fingerprint density at radius 1 is 1.22 bits per heavy atom. The molecule has 1 aromatic carbocycles. The molecular formula is C20H23FN4O2. The Morgan fingerprint density at radius 3 is 2.59 bits per heavy atom. The monoisotopic (exact) mass is 370 g/mol. The summed E-state index contributed by atoms with van der Waals surface area (Å²) in [7, 11) is 0. The summed E-state index contributed by atoms with van der Waals surface area (Å²) in [5, 5.41) is 8.13. The third-order valence-corrected chi connectivity index (χ3v) is 4.63. The van der Waals surface area contributed by atoms with Crippen molar-refractivity contribution in [1.82, 2.24) is 19.7 Å². The van der Waals surface area contributed by atoms with Crippen LogP contribution in [0.25, 0.3) is 10.8 Å². The third kappa shape index (κ3) is 3.63. The zero-order valence-electron chi connectivity index (χ0n) is 15.9. The van der Waals surface area contributed by atoms with E-state index in [9.17, 15) is 14.0 Å². The standard InChI is InChI=1S/C20H23FN4O2/c1-12(2)23-18(26)11-25-20(27)19-14(4)24(13(3)16(19)9-22-25)10-15-7-5-6-8-17(15)21/h5-9,12H,10-11H2,1-4H3,(H,23,26). The van der Waals surface area contributed by atoms with E-state index in [1.165, 1.54) is 10.7 Å². The molecule has 0 aliphatic heterocycles. The van der Waals surface area contributed by atoms with E-state index in [1.807, 2.05) is 32.3 Å². The van der Waals surface area contributed by atoms with E-state index in [2.05, 4.69) is 10.4 Å². The molecule has 0 atom stereocenters. The Labute approximate surface area is 156 Å². The van der Waals surface area contributed by atoms with Crippen LogP contribution in [0.4, 0.5) is 4.39 Å². The van der Waals surface area contributed by atoms with Crippen molar-refractivity contribution in [2.24, 2.45) is 0 Å². The number of rotatable bonds is 5. The summed E-state index contributed by atoms with van der Waals surface area (Å²) in [6.45, 7) is 7.61. The summed E-state index contributed by atoms with van der Waals surface area (Å²) < 4.78 is 17.1. The van der Waals surface area contributed by atoms with Crippen molar-refractivity contribution in [3.05, 3.63) is 63.6 Å². The molecule has 2 aromatic heterocycles. The Balaban J connectivity index is 2.04. The van der Waals surface area contributed by atoms with Gasteiger partial charge in [-0.1, -0.05) is 18.2 Å². The lowest BCUT2D eigenvalue weighted by Gasteiger charge is -2.10. The quantitative estimate of drug-likeness (QED) is 0.750. The number of fused-ring (bicyclic) bond motifs is 1. The van der Waals surface area contributed by atoms with Gasteiger partial charge in [0.1, 0.15) is 12.4 Å². The predicted molar refractivity (Wildman–Crippen MR) is 102 cm³/mol. The van der Waals surface area contributed by atoms with Gasteiger partial charge in [0.2, 0.25) is 5.91 Å². The van der Waals surface area contributed by atoms with Gasteiger partial charge in [0.15, 0.2) is 0 Å². The molecule has 1 N–H and O–H groups in total. The van der Waals surface area contributed by atoms with Crippen LogP contribution in [0.3, 0.4) is 0 Å². The second kappa shape index (κ2) is 7.34. The first-order valence-corrected chi connectivity index (χ1v) is 8.88. The third-order valence-electron chi connectivity index (χ3n) is 4.63. The van der Waals surface area contributed by atoms with E-state index < -0.39 is 0 Å². The highest BCUT2D eigenvalue weighted by molar-refractivity contribution is 5.87. The van der Waals surface area contributed by atoms with Crippen molar-refractivity contribution in [2.75, 3.05) is 0 Å². The topological polar surface area (TPSA) is 68.9 Å². The highest BCUT2D eigenvalue weighted by Gasteiger charge is 2.18. The summed E-state index contributed by atoms with van der Waals surface area (Å²) in [4.78, 5) is 24.9. The highest BCUT2D eigenvalue weighted by Crippen LogP contribution is 2.23. The highest BCUT2D eigenvalue weighted by atomic mass is 19.1. The average Bonchev–Trinajstić information content (AvgIpc) is 2.83. The summed E-state index contributed by atoms with van der Waals surface area (Å²) in [5.74, 6) is -0.547. The molecule has 1 amide bonds. The molecule has 0 bridgehead atoms. The zero-order valence-corrected chi connectivity index (χ0v) is 15.9. The van der Waals surface area contributed by atoms with Crippen LogP contribution in [0.1, 0.15) is 30.8 Å². The fraction of sp³-hybridized carbons (Fsp3) is 0.350. The van der Waals surface area contributed by atoms with E-state index in [0.29, 0.717) is 22.9 Å². The van der Waals surface area contributed by atoms with Crippen LogP contribution in [-0.2, 0) is 17.9 Å². The minimum Gasteiger partial charge on any atom is -0.352 e. The van der Waals surface area contributed by atoms with Crippen molar-refractivity contribution in [2.45, 2.75) is 46.8 Å². The molecule has 0 aliphatic carbocycles. The van der Waals surface area contributed by atoms with Crippen LogP contribution in [0.2, 0.25) is 0 Å². The molecule has 27 heavy (non-hydrogen) atoms.